The number of rotatable bonds is 7. The van der Waals surface area contributed by atoms with Gasteiger partial charge < -0.3 is 24.3 Å². The lowest BCUT2D eigenvalue weighted by Crippen LogP contribution is -2.30. The van der Waals surface area contributed by atoms with E-state index < -0.39 is 17.7 Å². The molecule has 0 radical (unpaired) electrons. The number of aromatic amines is 1. The van der Waals surface area contributed by atoms with Crippen LogP contribution in [0.3, 0.4) is 0 Å². The second-order valence-corrected chi connectivity index (χ2v) is 9.05. The summed E-state index contributed by atoms with van der Waals surface area (Å²) in [7, 11) is 2.96. The topological polar surface area (TPSA) is 114 Å². The molecule has 1 amide bonds. The molecule has 1 atom stereocenters. The molecule has 1 aromatic heterocycles. The molecule has 4 aromatic rings. The van der Waals surface area contributed by atoms with Crippen molar-refractivity contribution in [3.63, 3.8) is 0 Å². The summed E-state index contributed by atoms with van der Waals surface area (Å²) in [5.74, 6) is -0.384. The van der Waals surface area contributed by atoms with E-state index in [1.54, 1.807) is 48.5 Å². The molecule has 0 saturated carbocycles. The van der Waals surface area contributed by atoms with E-state index >= 15 is 0 Å². The Kier molecular flexibility index (Phi) is 6.50. The average Bonchev–Trinajstić information content (AvgIpc) is 3.46. The first-order valence-electron chi connectivity index (χ1n) is 12.1. The molecule has 194 valence electrons. The maximum atomic E-state index is 13.5. The van der Waals surface area contributed by atoms with Gasteiger partial charge >= 0.3 is 5.91 Å². The van der Waals surface area contributed by atoms with E-state index in [9.17, 15) is 14.7 Å². The van der Waals surface area contributed by atoms with E-state index in [1.807, 2.05) is 32.0 Å². The van der Waals surface area contributed by atoms with Gasteiger partial charge in [-0.15, -0.1) is 0 Å². The van der Waals surface area contributed by atoms with Crippen molar-refractivity contribution in [1.82, 2.24) is 9.97 Å². The Morgan fingerprint density at radius 2 is 1.68 bits per heavy atom. The Balaban J connectivity index is 1.70. The van der Waals surface area contributed by atoms with Crippen LogP contribution in [0.5, 0.6) is 17.2 Å². The minimum atomic E-state index is -0.963. The highest BCUT2D eigenvalue weighted by atomic mass is 16.5. The van der Waals surface area contributed by atoms with Crippen molar-refractivity contribution in [3.05, 3.63) is 83.4 Å². The number of H-pyrrole nitrogens is 1. The molecule has 38 heavy (non-hydrogen) atoms. The van der Waals surface area contributed by atoms with Crippen LogP contribution < -0.4 is 19.1 Å². The van der Waals surface area contributed by atoms with E-state index in [0.29, 0.717) is 28.1 Å². The number of aliphatic hydroxyl groups excluding tert-OH is 1. The Morgan fingerprint density at radius 1 is 0.974 bits per heavy atom. The maximum Gasteiger partial charge on any atom is 0.302 e. The number of methoxy groups -OCH3 is 2. The first-order chi connectivity index (χ1) is 18.3. The number of hydrogen-bond acceptors (Lipinski definition) is 7. The van der Waals surface area contributed by atoms with Crippen molar-refractivity contribution in [3.8, 4) is 17.2 Å². The first kappa shape index (κ1) is 24.9. The van der Waals surface area contributed by atoms with Crippen LogP contribution in [0.15, 0.2) is 72.3 Å². The molecule has 0 aliphatic carbocycles. The van der Waals surface area contributed by atoms with Crippen LogP contribution in [0, 0.1) is 0 Å². The van der Waals surface area contributed by atoms with Crippen molar-refractivity contribution in [2.45, 2.75) is 26.0 Å². The number of fused-ring (bicyclic) bond motifs is 1. The van der Waals surface area contributed by atoms with E-state index in [-0.39, 0.29) is 34.7 Å². The minimum absolute atomic E-state index is 0.0235. The van der Waals surface area contributed by atoms with E-state index in [1.165, 1.54) is 19.1 Å². The lowest BCUT2D eigenvalue weighted by atomic mass is 9.95. The number of nitrogens with zero attached hydrogens (tertiary/aromatic N) is 2. The number of Topliss-reactive ketones (excluding diaryl/α,β-unsaturated/α-hetero) is 1. The largest absolute Gasteiger partial charge is 0.507 e. The number of aromatic nitrogens is 2. The standard InChI is InChI=1S/C29H27N3O6/c1-16(2)38-18-11-9-17(10-12-18)25-24(26(33)20-14-13-19(36-3)15-23(20)37-4)27(34)28(35)32(25)29-30-21-7-5-6-8-22(21)31-29/h5-16,25,33H,1-4H3,(H,30,31)/b26-24+. The van der Waals surface area contributed by atoms with Crippen molar-refractivity contribution in [2.24, 2.45) is 0 Å². The number of para-hydroxylation sites is 2. The summed E-state index contributed by atoms with van der Waals surface area (Å²) in [6, 6.07) is 18.2. The molecular weight excluding hydrogens is 486 g/mol. The third-order valence-corrected chi connectivity index (χ3v) is 6.28. The Morgan fingerprint density at radius 3 is 2.34 bits per heavy atom. The number of nitrogens with one attached hydrogen (secondary N) is 1. The number of anilines is 1. The average molecular weight is 514 g/mol. The van der Waals surface area contributed by atoms with Gasteiger partial charge in [-0.2, -0.15) is 0 Å². The van der Waals surface area contributed by atoms with Crippen molar-refractivity contribution < 1.29 is 28.9 Å². The third kappa shape index (κ3) is 4.32. The van der Waals surface area contributed by atoms with Crippen LogP contribution in [-0.4, -0.2) is 47.1 Å². The Bertz CT molecular complexity index is 1520. The molecule has 2 N–H and O–H groups in total. The quantitative estimate of drug-likeness (QED) is 0.203. The van der Waals surface area contributed by atoms with Crippen molar-refractivity contribution >= 4 is 34.4 Å². The van der Waals surface area contributed by atoms with Gasteiger partial charge in [-0.1, -0.05) is 24.3 Å². The van der Waals surface area contributed by atoms with Gasteiger partial charge in [0.1, 0.15) is 23.0 Å². The lowest BCUT2D eigenvalue weighted by molar-refractivity contribution is -0.132. The molecule has 0 spiro atoms. The van der Waals surface area contributed by atoms with Gasteiger partial charge in [-0.3, -0.25) is 14.5 Å². The summed E-state index contributed by atoms with van der Waals surface area (Å²) in [4.78, 5) is 35.9. The molecule has 2 heterocycles. The summed E-state index contributed by atoms with van der Waals surface area (Å²) in [5, 5.41) is 11.5. The van der Waals surface area contributed by atoms with Gasteiger partial charge in [0.15, 0.2) is 0 Å². The highest BCUT2D eigenvalue weighted by Gasteiger charge is 2.48. The highest BCUT2D eigenvalue weighted by molar-refractivity contribution is 6.51. The number of imidazole rings is 1. The summed E-state index contributed by atoms with van der Waals surface area (Å²) in [6.45, 7) is 3.85. The molecule has 0 bridgehead atoms. The monoisotopic (exact) mass is 513 g/mol. The third-order valence-electron chi connectivity index (χ3n) is 6.28. The zero-order valence-corrected chi connectivity index (χ0v) is 21.4. The van der Waals surface area contributed by atoms with Crippen molar-refractivity contribution in [1.29, 1.82) is 0 Å². The summed E-state index contributed by atoms with van der Waals surface area (Å²) in [5.41, 5.74) is 2.10. The lowest BCUT2D eigenvalue weighted by Gasteiger charge is -2.23. The summed E-state index contributed by atoms with van der Waals surface area (Å²) >= 11 is 0. The predicted molar refractivity (Wildman–Crippen MR) is 143 cm³/mol. The minimum Gasteiger partial charge on any atom is -0.507 e. The van der Waals surface area contributed by atoms with Gasteiger partial charge in [0.2, 0.25) is 5.95 Å². The number of benzene rings is 3. The molecule has 3 aromatic carbocycles. The van der Waals surface area contributed by atoms with Gasteiger partial charge in [0.05, 0.1) is 48.5 Å². The smallest absolute Gasteiger partial charge is 0.302 e. The predicted octanol–water partition coefficient (Wildman–Crippen LogP) is 4.99. The molecule has 5 rings (SSSR count). The fraction of sp³-hybridized carbons (Fsp3) is 0.207. The SMILES string of the molecule is COc1ccc(/C(O)=C2\C(=O)C(=O)N(c3nc4ccccc4[nH]3)C2c2ccc(OC(C)C)cc2)c(OC)c1. The van der Waals surface area contributed by atoms with Crippen LogP contribution in [0.4, 0.5) is 5.95 Å². The number of amides is 1. The molecule has 1 fully saturated rings. The van der Waals surface area contributed by atoms with Gasteiger partial charge in [-0.25, -0.2) is 4.98 Å². The van der Waals surface area contributed by atoms with Crippen LogP contribution in [-0.2, 0) is 9.59 Å². The number of ketones is 1. The van der Waals surface area contributed by atoms with Crippen LogP contribution in [0.1, 0.15) is 31.0 Å². The molecule has 1 aliphatic rings. The normalized spacial score (nSPS) is 16.9. The number of aliphatic hydroxyl groups is 1. The van der Waals surface area contributed by atoms with Crippen LogP contribution >= 0.6 is 0 Å². The van der Waals surface area contributed by atoms with Crippen molar-refractivity contribution in [2.75, 3.05) is 19.1 Å². The van der Waals surface area contributed by atoms with E-state index in [0.717, 1.165) is 0 Å². The number of carbonyl (C=O) groups is 2. The van der Waals surface area contributed by atoms with E-state index in [2.05, 4.69) is 9.97 Å². The summed E-state index contributed by atoms with van der Waals surface area (Å²) < 4.78 is 16.5. The number of hydrogen-bond donors (Lipinski definition) is 2. The first-order valence-corrected chi connectivity index (χ1v) is 12.1. The molecule has 9 nitrogen and oxygen atoms in total. The molecule has 1 aliphatic heterocycles. The Hall–Kier alpha value is -4.79. The highest BCUT2D eigenvalue weighted by Crippen LogP contribution is 2.43. The summed E-state index contributed by atoms with van der Waals surface area (Å²) in [6.07, 6.45) is -0.0235. The molecule has 9 heteroatoms. The van der Waals surface area contributed by atoms with Gasteiger partial charge in [-0.05, 0) is 55.8 Å². The fourth-order valence-corrected chi connectivity index (χ4v) is 4.56. The number of ether oxygens (including phenoxy) is 3. The van der Waals surface area contributed by atoms with Crippen LogP contribution in [0.2, 0.25) is 0 Å². The van der Waals surface area contributed by atoms with E-state index in [4.69, 9.17) is 14.2 Å². The Labute approximate surface area is 219 Å². The molecular formula is C29H27N3O6. The fourth-order valence-electron chi connectivity index (χ4n) is 4.56. The zero-order valence-electron chi connectivity index (χ0n) is 21.4. The second kappa shape index (κ2) is 9.93. The zero-order chi connectivity index (χ0) is 27.0. The second-order valence-electron chi connectivity index (χ2n) is 9.05. The van der Waals surface area contributed by atoms with Crippen LogP contribution in [0.25, 0.3) is 16.8 Å². The van der Waals surface area contributed by atoms with Gasteiger partial charge in [0, 0.05) is 6.07 Å². The number of carbonyl (C=O) groups excluding carboxylic acids is 2. The molecule has 1 saturated heterocycles. The maximum absolute atomic E-state index is 13.5. The van der Waals surface area contributed by atoms with Gasteiger partial charge in [0.25, 0.3) is 5.78 Å². The molecule has 1 unspecified atom stereocenters.